The molecule has 2 aromatic heterocycles. The van der Waals surface area contributed by atoms with Crippen LogP contribution < -0.4 is 15.4 Å². The molecule has 2 bridgehead atoms. The van der Waals surface area contributed by atoms with E-state index in [4.69, 9.17) is 14.5 Å². The van der Waals surface area contributed by atoms with E-state index in [1.807, 2.05) is 37.8 Å². The van der Waals surface area contributed by atoms with E-state index in [0.29, 0.717) is 29.7 Å². The number of likely N-dealkylation sites (tertiary alicyclic amines) is 1. The lowest BCUT2D eigenvalue weighted by atomic mass is 10.0. The molecule has 2 amide bonds. The van der Waals surface area contributed by atoms with Crippen LogP contribution in [0.2, 0.25) is 0 Å². The number of alkyl carbamates (subject to hydrolysis) is 1. The first-order chi connectivity index (χ1) is 22.2. The molecule has 4 fully saturated rings. The van der Waals surface area contributed by atoms with Crippen LogP contribution in [-0.2, 0) is 17.8 Å². The average molecular weight is 625 g/mol. The molecule has 4 aliphatic rings. The summed E-state index contributed by atoms with van der Waals surface area (Å²) in [6.45, 7) is 9.93. The highest BCUT2D eigenvalue weighted by molar-refractivity contribution is 6.00. The van der Waals surface area contributed by atoms with Crippen molar-refractivity contribution in [2.75, 3.05) is 26.7 Å². The van der Waals surface area contributed by atoms with E-state index < -0.39 is 11.7 Å². The predicted octanol–water partition coefficient (Wildman–Crippen LogP) is 5.42. The summed E-state index contributed by atoms with van der Waals surface area (Å²) in [5.41, 5.74) is 4.02. The number of carbonyl (C=O) groups is 2. The van der Waals surface area contributed by atoms with Gasteiger partial charge in [-0.15, -0.1) is 0 Å². The number of nitrogens with zero attached hydrogens (tertiary/aromatic N) is 4. The highest BCUT2D eigenvalue weighted by Gasteiger charge is 2.50. The van der Waals surface area contributed by atoms with Gasteiger partial charge in [0, 0.05) is 55.1 Å². The van der Waals surface area contributed by atoms with Crippen molar-refractivity contribution < 1.29 is 19.1 Å². The molecular formula is C36H44N6O4. The first-order valence-electron chi connectivity index (χ1n) is 16.8. The fourth-order valence-corrected chi connectivity index (χ4v) is 7.83. The molecule has 242 valence electrons. The number of imidazole rings is 1. The van der Waals surface area contributed by atoms with Gasteiger partial charge in [-0.2, -0.15) is 0 Å². The van der Waals surface area contributed by atoms with Gasteiger partial charge in [-0.05, 0) is 82.6 Å². The Hall–Kier alpha value is -4.05. The molecule has 0 radical (unpaired) electrons. The second kappa shape index (κ2) is 11.0. The van der Waals surface area contributed by atoms with Gasteiger partial charge in [0.1, 0.15) is 16.9 Å². The summed E-state index contributed by atoms with van der Waals surface area (Å²) in [5.74, 6) is 2.94. The molecule has 2 N–H and O–H groups in total. The van der Waals surface area contributed by atoms with Crippen molar-refractivity contribution in [2.24, 2.45) is 17.8 Å². The zero-order chi connectivity index (χ0) is 31.7. The maximum absolute atomic E-state index is 14.2. The van der Waals surface area contributed by atoms with Gasteiger partial charge in [0.05, 0.1) is 30.4 Å². The van der Waals surface area contributed by atoms with Crippen LogP contribution in [0.25, 0.3) is 33.5 Å². The van der Waals surface area contributed by atoms with E-state index >= 15 is 0 Å². The molecule has 2 saturated heterocycles. The zero-order valence-corrected chi connectivity index (χ0v) is 27.2. The third-order valence-electron chi connectivity index (χ3n) is 10.3. The number of hydrogen-bond donors (Lipinski definition) is 2. The summed E-state index contributed by atoms with van der Waals surface area (Å²) < 4.78 is 16.3. The van der Waals surface area contributed by atoms with Gasteiger partial charge >= 0.3 is 6.09 Å². The van der Waals surface area contributed by atoms with Gasteiger partial charge < -0.3 is 34.1 Å². The lowest BCUT2D eigenvalue weighted by molar-refractivity contribution is 0.0485. The van der Waals surface area contributed by atoms with E-state index in [1.54, 1.807) is 7.11 Å². The minimum Gasteiger partial charge on any atom is -0.494 e. The molecule has 46 heavy (non-hydrogen) atoms. The molecule has 0 unspecified atom stereocenters. The molecule has 2 saturated carbocycles. The Morgan fingerprint density at radius 2 is 1.78 bits per heavy atom. The second-order valence-corrected chi connectivity index (χ2v) is 14.8. The Morgan fingerprint density at radius 3 is 2.50 bits per heavy atom. The molecule has 10 heteroatoms. The summed E-state index contributed by atoms with van der Waals surface area (Å²) in [6.07, 6.45) is 3.95. The SMILES string of the molecule is COc1cc(C(=O)N2C[C@H]3CC[C@@H]2[C@@H]3NC(=O)OC(C)(C)C)cc2nc(-c3cc4ccccc4n3CC3CC3)n(CC3CNC3)c12. The van der Waals surface area contributed by atoms with Crippen molar-refractivity contribution in [1.82, 2.24) is 29.7 Å². The predicted molar refractivity (Wildman–Crippen MR) is 177 cm³/mol. The number of para-hydroxylation sites is 1. The van der Waals surface area contributed by atoms with Crippen molar-refractivity contribution in [1.29, 1.82) is 0 Å². The van der Waals surface area contributed by atoms with Crippen molar-refractivity contribution in [3.8, 4) is 17.3 Å². The number of aromatic nitrogens is 3. The summed E-state index contributed by atoms with van der Waals surface area (Å²) >= 11 is 0. The minimum absolute atomic E-state index is 0.0504. The third-order valence-corrected chi connectivity index (χ3v) is 10.3. The smallest absolute Gasteiger partial charge is 0.407 e. The number of nitrogens with one attached hydrogen (secondary N) is 2. The molecule has 2 aliphatic heterocycles. The highest BCUT2D eigenvalue weighted by atomic mass is 16.6. The average Bonchev–Trinajstić information content (AvgIpc) is 3.31. The maximum Gasteiger partial charge on any atom is 0.407 e. The lowest BCUT2D eigenvalue weighted by Crippen LogP contribution is -2.46. The molecule has 2 aliphatic carbocycles. The van der Waals surface area contributed by atoms with Crippen LogP contribution in [0, 0.1) is 17.8 Å². The van der Waals surface area contributed by atoms with E-state index in [-0.39, 0.29) is 23.9 Å². The molecule has 0 spiro atoms. The summed E-state index contributed by atoms with van der Waals surface area (Å²) in [4.78, 5) is 34.0. The van der Waals surface area contributed by atoms with Crippen LogP contribution in [0.5, 0.6) is 5.75 Å². The van der Waals surface area contributed by atoms with Crippen LogP contribution in [0.4, 0.5) is 4.79 Å². The lowest BCUT2D eigenvalue weighted by Gasteiger charge is -2.29. The molecule has 4 aromatic rings. The van der Waals surface area contributed by atoms with Crippen LogP contribution in [0.15, 0.2) is 42.5 Å². The van der Waals surface area contributed by atoms with Gasteiger partial charge in [0.15, 0.2) is 5.82 Å². The van der Waals surface area contributed by atoms with E-state index in [2.05, 4.69) is 50.1 Å². The van der Waals surface area contributed by atoms with Crippen molar-refractivity contribution in [3.05, 3.63) is 48.0 Å². The van der Waals surface area contributed by atoms with Crippen molar-refractivity contribution in [3.63, 3.8) is 0 Å². The van der Waals surface area contributed by atoms with Crippen molar-refractivity contribution in [2.45, 2.75) is 77.2 Å². The van der Waals surface area contributed by atoms with E-state index in [9.17, 15) is 9.59 Å². The quantitative estimate of drug-likeness (QED) is 0.271. The van der Waals surface area contributed by atoms with E-state index in [1.165, 1.54) is 23.7 Å². The maximum atomic E-state index is 14.2. The number of fused-ring (bicyclic) bond motifs is 4. The number of methoxy groups -OCH3 is 1. The van der Waals surface area contributed by atoms with Gasteiger partial charge in [0.25, 0.3) is 5.91 Å². The van der Waals surface area contributed by atoms with Crippen LogP contribution in [0.3, 0.4) is 0 Å². The molecule has 4 heterocycles. The Labute approximate surface area is 269 Å². The van der Waals surface area contributed by atoms with Gasteiger partial charge in [-0.1, -0.05) is 18.2 Å². The Kier molecular flexibility index (Phi) is 7.04. The van der Waals surface area contributed by atoms with Gasteiger partial charge in [0.2, 0.25) is 0 Å². The monoisotopic (exact) mass is 624 g/mol. The summed E-state index contributed by atoms with van der Waals surface area (Å²) in [6, 6.07) is 14.5. The highest BCUT2D eigenvalue weighted by Crippen LogP contribution is 2.41. The molecule has 8 rings (SSSR count). The molecule has 3 atom stereocenters. The van der Waals surface area contributed by atoms with E-state index in [0.717, 1.165) is 61.6 Å². The molecule has 2 aromatic carbocycles. The largest absolute Gasteiger partial charge is 0.494 e. The standard InChI is InChI=1S/C36H44N6O4/c1-36(2,3)46-35(44)39-31-24-11-12-28(31)41(20-24)34(43)25-13-26-32(30(15-25)45-4)42(19-22-16-37-17-22)33(38-26)29-14-23-7-5-6-8-27(23)40(29)18-21-9-10-21/h5-8,13-15,21-22,24,28,31,37H,9-12,16-20H2,1-4H3,(H,39,44)/t24-,28-,31-/m1/s1. The zero-order valence-electron chi connectivity index (χ0n) is 27.2. The second-order valence-electron chi connectivity index (χ2n) is 14.8. The number of piperidine rings is 1. The van der Waals surface area contributed by atoms with Gasteiger partial charge in [-0.3, -0.25) is 4.79 Å². The summed E-state index contributed by atoms with van der Waals surface area (Å²) in [7, 11) is 1.67. The number of rotatable bonds is 8. The Morgan fingerprint density at radius 1 is 1.00 bits per heavy atom. The minimum atomic E-state index is -0.577. The normalized spacial score (nSPS) is 22.9. The van der Waals surface area contributed by atoms with Crippen LogP contribution >= 0.6 is 0 Å². The number of benzene rings is 2. The fourth-order valence-electron chi connectivity index (χ4n) is 7.83. The Balaban J connectivity index is 1.17. The Bertz CT molecular complexity index is 1830. The fraction of sp³-hybridized carbons (Fsp3) is 0.528. The number of hydrogen-bond acceptors (Lipinski definition) is 6. The first kappa shape index (κ1) is 29.4. The number of carbonyl (C=O) groups excluding carboxylic acids is 2. The van der Waals surface area contributed by atoms with Crippen LogP contribution in [-0.4, -0.2) is 75.4 Å². The topological polar surface area (TPSA) is 103 Å². The molecular weight excluding hydrogens is 580 g/mol. The molecule has 10 nitrogen and oxygen atoms in total. The summed E-state index contributed by atoms with van der Waals surface area (Å²) in [5, 5.41) is 7.70. The first-order valence-corrected chi connectivity index (χ1v) is 16.8. The number of amides is 2. The van der Waals surface area contributed by atoms with Gasteiger partial charge in [-0.25, -0.2) is 9.78 Å². The van der Waals surface area contributed by atoms with Crippen LogP contribution in [0.1, 0.15) is 56.8 Å². The van der Waals surface area contributed by atoms with Crippen molar-refractivity contribution >= 4 is 33.9 Å². The number of ether oxygens (including phenoxy) is 2. The third kappa shape index (κ3) is 5.20.